The molecule has 0 radical (unpaired) electrons. The van der Waals surface area contributed by atoms with Crippen LogP contribution in [0, 0.1) is 11.3 Å². The number of benzene rings is 1. The lowest BCUT2D eigenvalue weighted by molar-refractivity contribution is 1.14. The average Bonchev–Trinajstić information content (AvgIpc) is 2.41. The summed E-state index contributed by atoms with van der Waals surface area (Å²) in [4.78, 5) is 8.36. The molecule has 1 aromatic carbocycles. The Kier molecular flexibility index (Phi) is 4.35. The summed E-state index contributed by atoms with van der Waals surface area (Å²) in [6, 6.07) is 7.51. The highest BCUT2D eigenvalue weighted by Gasteiger charge is 2.08. The number of anilines is 3. The van der Waals surface area contributed by atoms with Gasteiger partial charge in [-0.1, -0.05) is 15.9 Å². The van der Waals surface area contributed by atoms with Crippen molar-refractivity contribution in [2.45, 2.75) is 0 Å². The van der Waals surface area contributed by atoms with Gasteiger partial charge in [0, 0.05) is 17.7 Å². The van der Waals surface area contributed by atoms with Gasteiger partial charge < -0.3 is 10.6 Å². The summed E-state index contributed by atoms with van der Waals surface area (Å²) in [6.45, 7) is 0. The van der Waals surface area contributed by atoms with Crippen molar-refractivity contribution in [2.75, 3.05) is 17.7 Å². The van der Waals surface area contributed by atoms with Crippen LogP contribution in [0.3, 0.4) is 0 Å². The summed E-state index contributed by atoms with van der Waals surface area (Å²) in [5.74, 6) is 1.09. The molecule has 7 heteroatoms. The van der Waals surface area contributed by atoms with E-state index in [1.165, 1.54) is 0 Å². The number of hydrogen-bond acceptors (Lipinski definition) is 5. The van der Waals surface area contributed by atoms with Gasteiger partial charge in [0.15, 0.2) is 0 Å². The van der Waals surface area contributed by atoms with E-state index in [0.717, 1.165) is 8.95 Å². The summed E-state index contributed by atoms with van der Waals surface area (Å²) in [5.41, 5.74) is 1.22. The first-order valence-electron chi connectivity index (χ1n) is 5.31. The number of hydrogen-bond donors (Lipinski definition) is 2. The monoisotopic (exact) mass is 381 g/mol. The maximum absolute atomic E-state index is 9.10. The van der Waals surface area contributed by atoms with Gasteiger partial charge in [-0.15, -0.1) is 0 Å². The van der Waals surface area contributed by atoms with E-state index < -0.39 is 0 Å². The van der Waals surface area contributed by atoms with Crippen molar-refractivity contribution < 1.29 is 0 Å². The van der Waals surface area contributed by atoms with Gasteiger partial charge in [0.2, 0.25) is 5.95 Å². The van der Waals surface area contributed by atoms with E-state index in [1.54, 1.807) is 19.3 Å². The Hall–Kier alpha value is -1.65. The molecule has 1 heterocycles. The molecule has 2 aromatic rings. The molecule has 0 atom stereocenters. The molecule has 0 aliphatic heterocycles. The highest BCUT2D eigenvalue weighted by molar-refractivity contribution is 9.10. The van der Waals surface area contributed by atoms with Gasteiger partial charge in [-0.3, -0.25) is 0 Å². The van der Waals surface area contributed by atoms with Gasteiger partial charge in [-0.05, 0) is 34.1 Å². The van der Waals surface area contributed by atoms with Crippen molar-refractivity contribution in [1.82, 2.24) is 9.97 Å². The molecule has 2 rings (SSSR count). The molecular weight excluding hydrogens is 374 g/mol. The average molecular weight is 383 g/mol. The Morgan fingerprint density at radius 3 is 2.79 bits per heavy atom. The topological polar surface area (TPSA) is 73.6 Å². The summed E-state index contributed by atoms with van der Waals surface area (Å²) in [6.07, 6.45) is 1.64. The first kappa shape index (κ1) is 13.8. The van der Waals surface area contributed by atoms with E-state index in [4.69, 9.17) is 5.26 Å². The van der Waals surface area contributed by atoms with E-state index in [0.29, 0.717) is 23.0 Å². The Morgan fingerprint density at radius 2 is 2.11 bits per heavy atom. The number of nitriles is 1. The van der Waals surface area contributed by atoms with Crippen molar-refractivity contribution in [3.63, 3.8) is 0 Å². The molecule has 5 nitrogen and oxygen atoms in total. The molecule has 0 spiro atoms. The standard InChI is InChI=1S/C12H9Br2N5/c1-16-12-17-6-9(14)11(19-12)18-10-4-8(13)3-2-7(10)5-15/h2-4,6H,1H3,(H2,16,17,18,19). The van der Waals surface area contributed by atoms with Crippen LogP contribution in [0.1, 0.15) is 5.56 Å². The number of aromatic nitrogens is 2. The molecule has 0 bridgehead atoms. The smallest absolute Gasteiger partial charge is 0.224 e. The Labute approximate surface area is 127 Å². The lowest BCUT2D eigenvalue weighted by atomic mass is 10.2. The fourth-order valence-corrected chi connectivity index (χ4v) is 2.07. The molecule has 2 N–H and O–H groups in total. The fraction of sp³-hybridized carbons (Fsp3) is 0.0833. The number of halogens is 2. The van der Waals surface area contributed by atoms with Crippen LogP contribution >= 0.6 is 31.9 Å². The molecule has 0 aliphatic carbocycles. The lowest BCUT2D eigenvalue weighted by Crippen LogP contribution is -2.02. The molecule has 0 unspecified atom stereocenters. The van der Waals surface area contributed by atoms with Crippen LogP contribution in [-0.2, 0) is 0 Å². The van der Waals surface area contributed by atoms with Crippen LogP contribution in [0.2, 0.25) is 0 Å². The first-order chi connectivity index (χ1) is 9.13. The molecule has 0 fully saturated rings. The maximum atomic E-state index is 9.10. The minimum absolute atomic E-state index is 0.499. The zero-order chi connectivity index (χ0) is 13.8. The predicted octanol–water partition coefficient (Wildman–Crippen LogP) is 3.66. The van der Waals surface area contributed by atoms with Crippen molar-refractivity contribution in [2.24, 2.45) is 0 Å². The second-order valence-corrected chi connectivity index (χ2v) is 5.34. The van der Waals surface area contributed by atoms with Gasteiger partial charge in [-0.25, -0.2) is 4.98 Å². The van der Waals surface area contributed by atoms with E-state index in [9.17, 15) is 0 Å². The second kappa shape index (κ2) is 5.99. The van der Waals surface area contributed by atoms with Crippen molar-refractivity contribution in [3.8, 4) is 6.07 Å². The zero-order valence-corrected chi connectivity index (χ0v) is 13.1. The third kappa shape index (κ3) is 3.22. The third-order valence-electron chi connectivity index (χ3n) is 2.32. The molecule has 96 valence electrons. The normalized spacial score (nSPS) is 9.79. The first-order valence-corrected chi connectivity index (χ1v) is 6.89. The van der Waals surface area contributed by atoms with Gasteiger partial charge in [0.05, 0.1) is 15.7 Å². The van der Waals surface area contributed by atoms with Crippen molar-refractivity contribution in [1.29, 1.82) is 5.26 Å². The summed E-state index contributed by atoms with van der Waals surface area (Å²) in [7, 11) is 1.74. The third-order valence-corrected chi connectivity index (χ3v) is 3.40. The summed E-state index contributed by atoms with van der Waals surface area (Å²) < 4.78 is 1.60. The van der Waals surface area contributed by atoms with Gasteiger partial charge >= 0.3 is 0 Å². The van der Waals surface area contributed by atoms with E-state index >= 15 is 0 Å². The van der Waals surface area contributed by atoms with Gasteiger partial charge in [0.1, 0.15) is 11.9 Å². The SMILES string of the molecule is CNc1ncc(Br)c(Nc2cc(Br)ccc2C#N)n1. The highest BCUT2D eigenvalue weighted by Crippen LogP contribution is 2.28. The molecule has 19 heavy (non-hydrogen) atoms. The molecular formula is C12H9Br2N5. The number of nitrogens with zero attached hydrogens (tertiary/aromatic N) is 3. The Balaban J connectivity index is 2.41. The fourth-order valence-electron chi connectivity index (χ4n) is 1.42. The van der Waals surface area contributed by atoms with Gasteiger partial charge in [0.25, 0.3) is 0 Å². The largest absolute Gasteiger partial charge is 0.357 e. The number of rotatable bonds is 3. The quantitative estimate of drug-likeness (QED) is 0.847. The predicted molar refractivity (Wildman–Crippen MR) is 81.4 cm³/mol. The lowest BCUT2D eigenvalue weighted by Gasteiger charge is -2.10. The minimum atomic E-state index is 0.499. The highest BCUT2D eigenvalue weighted by atomic mass is 79.9. The van der Waals surface area contributed by atoms with Crippen LogP contribution in [-0.4, -0.2) is 17.0 Å². The minimum Gasteiger partial charge on any atom is -0.357 e. The Morgan fingerprint density at radius 1 is 1.32 bits per heavy atom. The number of nitrogens with one attached hydrogen (secondary N) is 2. The maximum Gasteiger partial charge on any atom is 0.224 e. The van der Waals surface area contributed by atoms with Crippen LogP contribution in [0.25, 0.3) is 0 Å². The zero-order valence-electron chi connectivity index (χ0n) is 9.91. The van der Waals surface area contributed by atoms with Crippen LogP contribution < -0.4 is 10.6 Å². The van der Waals surface area contributed by atoms with Crippen LogP contribution in [0.5, 0.6) is 0 Å². The molecule has 0 saturated carbocycles. The van der Waals surface area contributed by atoms with Gasteiger partial charge in [-0.2, -0.15) is 10.2 Å². The van der Waals surface area contributed by atoms with E-state index in [2.05, 4.69) is 58.5 Å². The van der Waals surface area contributed by atoms with E-state index in [1.807, 2.05) is 12.1 Å². The molecule has 0 saturated heterocycles. The molecule has 1 aromatic heterocycles. The van der Waals surface area contributed by atoms with Crippen LogP contribution in [0.15, 0.2) is 33.3 Å². The summed E-state index contributed by atoms with van der Waals surface area (Å²) >= 11 is 6.75. The molecule has 0 amide bonds. The van der Waals surface area contributed by atoms with Crippen molar-refractivity contribution >= 4 is 49.3 Å². The second-order valence-electron chi connectivity index (χ2n) is 3.57. The Bertz CT molecular complexity index is 651. The van der Waals surface area contributed by atoms with Crippen molar-refractivity contribution in [3.05, 3.63) is 38.9 Å². The summed E-state index contributed by atoms with van der Waals surface area (Å²) in [5, 5.41) is 15.1. The van der Waals surface area contributed by atoms with E-state index in [-0.39, 0.29) is 0 Å². The molecule has 0 aliphatic rings. The van der Waals surface area contributed by atoms with Crippen LogP contribution in [0.4, 0.5) is 17.5 Å².